The number of nitrogens with one attached hydrogen (secondary N) is 1. The van der Waals surface area contributed by atoms with Gasteiger partial charge in [-0.2, -0.15) is 0 Å². The molecule has 1 atom stereocenters. The van der Waals surface area contributed by atoms with Gasteiger partial charge in [-0.05, 0) is 31.5 Å². The number of pyridine rings is 1. The van der Waals surface area contributed by atoms with Gasteiger partial charge in [-0.1, -0.05) is 11.6 Å². The molecule has 20 heavy (non-hydrogen) atoms. The molecule has 1 aromatic heterocycles. The van der Waals surface area contributed by atoms with Crippen LogP contribution in [-0.4, -0.2) is 40.2 Å². The van der Waals surface area contributed by atoms with Crippen LogP contribution in [0.3, 0.4) is 0 Å². The zero-order valence-electron chi connectivity index (χ0n) is 11.3. The molecule has 0 radical (unpaired) electrons. The van der Waals surface area contributed by atoms with Gasteiger partial charge in [0.2, 0.25) is 0 Å². The molecule has 1 aliphatic rings. The second kappa shape index (κ2) is 5.00. The molecule has 104 valence electrons. The van der Waals surface area contributed by atoms with Gasteiger partial charge in [0, 0.05) is 36.4 Å². The minimum absolute atomic E-state index is 0.164. The lowest BCUT2D eigenvalue weighted by molar-refractivity contribution is 0.155. The number of hydrogen-bond donors (Lipinski definition) is 2. The molecule has 0 spiro atoms. The lowest BCUT2D eigenvalue weighted by Crippen LogP contribution is -2.30. The molecule has 5 heteroatoms. The van der Waals surface area contributed by atoms with Crippen LogP contribution in [-0.2, 0) is 0 Å². The molecular formula is C15H17N3O2. The second-order valence-electron chi connectivity index (χ2n) is 5.24. The Hall–Kier alpha value is -2.30. The van der Waals surface area contributed by atoms with Gasteiger partial charge >= 0.3 is 6.09 Å². The van der Waals surface area contributed by atoms with Crippen molar-refractivity contribution in [3.63, 3.8) is 0 Å². The molecule has 0 saturated carbocycles. The highest BCUT2D eigenvalue weighted by Crippen LogP contribution is 2.25. The molecule has 0 unspecified atom stereocenters. The number of amides is 1. The fraction of sp³-hybridized carbons (Fsp3) is 0.333. The maximum Gasteiger partial charge on any atom is 0.407 e. The van der Waals surface area contributed by atoms with Gasteiger partial charge < -0.3 is 15.3 Å². The van der Waals surface area contributed by atoms with E-state index >= 15 is 0 Å². The molecule has 1 saturated heterocycles. The summed E-state index contributed by atoms with van der Waals surface area (Å²) in [4.78, 5) is 16.8. The van der Waals surface area contributed by atoms with Gasteiger partial charge in [0.25, 0.3) is 0 Å². The normalized spacial score (nSPS) is 18.4. The van der Waals surface area contributed by atoms with Crippen molar-refractivity contribution in [3.05, 3.63) is 36.0 Å². The van der Waals surface area contributed by atoms with Gasteiger partial charge in [0.15, 0.2) is 0 Å². The van der Waals surface area contributed by atoms with Crippen molar-refractivity contribution in [3.8, 4) is 0 Å². The van der Waals surface area contributed by atoms with Gasteiger partial charge in [-0.25, -0.2) is 4.79 Å². The number of hydrogen-bond acceptors (Lipinski definition) is 3. The standard InChI is InChI=1S/C15H17N3O2/c1-10-2-3-13-12(8-10)14(4-6-16-13)17-11-5-7-18(9-11)15(19)20/h2-4,6,8,11H,5,7,9H2,1H3,(H,16,17)(H,19,20)/t11-/m1/s1. The Morgan fingerprint density at radius 1 is 1.45 bits per heavy atom. The van der Waals surface area contributed by atoms with Crippen molar-refractivity contribution in [2.24, 2.45) is 0 Å². The highest BCUT2D eigenvalue weighted by atomic mass is 16.4. The number of nitrogens with zero attached hydrogens (tertiary/aromatic N) is 2. The summed E-state index contributed by atoms with van der Waals surface area (Å²) in [5.74, 6) is 0. The fourth-order valence-electron chi connectivity index (χ4n) is 2.66. The number of aromatic nitrogens is 1. The lowest BCUT2D eigenvalue weighted by Gasteiger charge is -2.16. The van der Waals surface area contributed by atoms with Crippen molar-refractivity contribution >= 4 is 22.7 Å². The Morgan fingerprint density at radius 2 is 2.30 bits per heavy atom. The smallest absolute Gasteiger partial charge is 0.407 e. The number of fused-ring (bicyclic) bond motifs is 1. The maximum absolute atomic E-state index is 10.9. The third-order valence-corrected chi connectivity index (χ3v) is 3.72. The van der Waals surface area contributed by atoms with E-state index in [1.54, 1.807) is 6.20 Å². The zero-order chi connectivity index (χ0) is 14.1. The molecule has 1 fully saturated rings. The molecule has 1 aromatic carbocycles. The summed E-state index contributed by atoms with van der Waals surface area (Å²) in [6, 6.07) is 8.27. The number of carbonyl (C=O) groups is 1. The number of anilines is 1. The van der Waals surface area contributed by atoms with E-state index in [9.17, 15) is 4.79 Å². The highest BCUT2D eigenvalue weighted by molar-refractivity contribution is 5.91. The first-order valence-electron chi connectivity index (χ1n) is 6.73. The van der Waals surface area contributed by atoms with Crippen LogP contribution in [0.5, 0.6) is 0 Å². The fourth-order valence-corrected chi connectivity index (χ4v) is 2.66. The van der Waals surface area contributed by atoms with Crippen LogP contribution in [0.2, 0.25) is 0 Å². The second-order valence-corrected chi connectivity index (χ2v) is 5.24. The van der Waals surface area contributed by atoms with Gasteiger partial charge in [-0.3, -0.25) is 4.98 Å². The zero-order valence-corrected chi connectivity index (χ0v) is 11.3. The largest absolute Gasteiger partial charge is 0.465 e. The lowest BCUT2D eigenvalue weighted by atomic mass is 10.1. The molecule has 2 N–H and O–H groups in total. The van der Waals surface area contributed by atoms with Crippen LogP contribution in [0.15, 0.2) is 30.5 Å². The number of carboxylic acid groups (broad SMARTS) is 1. The maximum atomic E-state index is 10.9. The Balaban J connectivity index is 1.85. The van der Waals surface area contributed by atoms with Crippen LogP contribution < -0.4 is 5.32 Å². The first-order valence-corrected chi connectivity index (χ1v) is 6.73. The number of benzene rings is 1. The first kappa shape index (κ1) is 12.7. The Kier molecular flexibility index (Phi) is 3.18. The summed E-state index contributed by atoms with van der Waals surface area (Å²) in [7, 11) is 0. The molecule has 1 aliphatic heterocycles. The van der Waals surface area contributed by atoms with Gasteiger partial charge in [0.05, 0.1) is 5.52 Å². The van der Waals surface area contributed by atoms with Crippen LogP contribution in [0.4, 0.5) is 10.5 Å². The van der Waals surface area contributed by atoms with Gasteiger partial charge in [-0.15, -0.1) is 0 Å². The predicted molar refractivity (Wildman–Crippen MR) is 78.1 cm³/mol. The molecule has 2 heterocycles. The summed E-state index contributed by atoms with van der Waals surface area (Å²) < 4.78 is 0. The third kappa shape index (κ3) is 2.39. The van der Waals surface area contributed by atoms with E-state index in [0.29, 0.717) is 13.1 Å². The van der Waals surface area contributed by atoms with Crippen LogP contribution >= 0.6 is 0 Å². The molecule has 5 nitrogen and oxygen atoms in total. The van der Waals surface area contributed by atoms with Crippen molar-refractivity contribution in [2.45, 2.75) is 19.4 Å². The van der Waals surface area contributed by atoms with E-state index in [1.807, 2.05) is 18.2 Å². The quantitative estimate of drug-likeness (QED) is 0.881. The van der Waals surface area contributed by atoms with E-state index < -0.39 is 6.09 Å². The monoisotopic (exact) mass is 271 g/mol. The Bertz CT molecular complexity index is 657. The number of aryl methyl sites for hydroxylation is 1. The van der Waals surface area contributed by atoms with Crippen molar-refractivity contribution in [1.29, 1.82) is 0 Å². The predicted octanol–water partition coefficient (Wildman–Crippen LogP) is 2.71. The average Bonchev–Trinajstić information content (AvgIpc) is 2.88. The summed E-state index contributed by atoms with van der Waals surface area (Å²) in [6.45, 7) is 3.18. The first-order chi connectivity index (χ1) is 9.63. The number of likely N-dealkylation sites (tertiary alicyclic amines) is 1. The minimum atomic E-state index is -0.843. The molecule has 0 bridgehead atoms. The average molecular weight is 271 g/mol. The van der Waals surface area contributed by atoms with Crippen LogP contribution in [0, 0.1) is 6.92 Å². The van der Waals surface area contributed by atoms with Crippen LogP contribution in [0.1, 0.15) is 12.0 Å². The topological polar surface area (TPSA) is 65.5 Å². The minimum Gasteiger partial charge on any atom is -0.465 e. The van der Waals surface area contributed by atoms with E-state index in [4.69, 9.17) is 5.11 Å². The molecule has 0 aliphatic carbocycles. The summed E-state index contributed by atoms with van der Waals surface area (Å²) >= 11 is 0. The Morgan fingerprint density at radius 3 is 3.05 bits per heavy atom. The summed E-state index contributed by atoms with van der Waals surface area (Å²) in [5, 5.41) is 13.5. The highest BCUT2D eigenvalue weighted by Gasteiger charge is 2.25. The van der Waals surface area contributed by atoms with E-state index in [2.05, 4.69) is 23.3 Å². The third-order valence-electron chi connectivity index (χ3n) is 3.72. The SMILES string of the molecule is Cc1ccc2nccc(N[C@@H]3CCN(C(=O)O)C3)c2c1. The number of rotatable bonds is 2. The van der Waals surface area contributed by atoms with E-state index in [1.165, 1.54) is 10.5 Å². The van der Waals surface area contributed by atoms with Crippen LogP contribution in [0.25, 0.3) is 10.9 Å². The molecular weight excluding hydrogens is 254 g/mol. The Labute approximate surface area is 117 Å². The molecule has 2 aromatic rings. The van der Waals surface area contributed by atoms with E-state index in [0.717, 1.165) is 23.0 Å². The summed E-state index contributed by atoms with van der Waals surface area (Å²) in [6.07, 6.45) is 1.77. The summed E-state index contributed by atoms with van der Waals surface area (Å²) in [5.41, 5.74) is 3.16. The van der Waals surface area contributed by atoms with Crippen molar-refractivity contribution < 1.29 is 9.90 Å². The molecule has 1 amide bonds. The van der Waals surface area contributed by atoms with Crippen molar-refractivity contribution in [1.82, 2.24) is 9.88 Å². The van der Waals surface area contributed by atoms with E-state index in [-0.39, 0.29) is 6.04 Å². The molecule has 3 rings (SSSR count). The van der Waals surface area contributed by atoms with Gasteiger partial charge in [0.1, 0.15) is 0 Å². The van der Waals surface area contributed by atoms with Crippen molar-refractivity contribution in [2.75, 3.05) is 18.4 Å².